The average Bonchev–Trinajstić information content (AvgIpc) is 2.54. The molecule has 0 radical (unpaired) electrons. The van der Waals surface area contributed by atoms with Crippen LogP contribution in [0.5, 0.6) is 11.5 Å². The van der Waals surface area contributed by atoms with Gasteiger partial charge in [0.25, 0.3) is 0 Å². The molecule has 0 aliphatic rings. The Hall–Kier alpha value is -1.52. The molecule has 0 fully saturated rings. The van der Waals surface area contributed by atoms with Crippen LogP contribution in [0.3, 0.4) is 0 Å². The first-order valence-corrected chi connectivity index (χ1v) is 8.12. The van der Waals surface area contributed by atoms with Crippen molar-refractivity contribution in [2.45, 2.75) is 58.3 Å². The quantitative estimate of drug-likeness (QED) is 0.647. The van der Waals surface area contributed by atoms with Gasteiger partial charge in [-0.05, 0) is 30.7 Å². The van der Waals surface area contributed by atoms with Gasteiger partial charge < -0.3 is 19.7 Å². The molecular weight excluding hydrogens is 292 g/mol. The Balaban J connectivity index is 2.56. The van der Waals surface area contributed by atoms with Crippen molar-refractivity contribution in [1.82, 2.24) is 0 Å². The summed E-state index contributed by atoms with van der Waals surface area (Å²) in [7, 11) is 1.62. The van der Waals surface area contributed by atoms with Gasteiger partial charge in [0.15, 0.2) is 0 Å². The van der Waals surface area contributed by atoms with E-state index in [1.807, 2.05) is 45.0 Å². The van der Waals surface area contributed by atoms with E-state index in [4.69, 9.17) is 9.47 Å². The van der Waals surface area contributed by atoms with Crippen molar-refractivity contribution < 1.29 is 19.7 Å². The van der Waals surface area contributed by atoms with Gasteiger partial charge in [0.1, 0.15) is 17.6 Å². The summed E-state index contributed by atoms with van der Waals surface area (Å²) in [5, 5.41) is 20.4. The molecule has 0 spiro atoms. The molecule has 0 heterocycles. The maximum Gasteiger partial charge on any atom is 0.119 e. The lowest BCUT2D eigenvalue weighted by molar-refractivity contribution is 0.00932. The fraction of sp³-hybridized carbons (Fsp3) is 0.579. The maximum absolute atomic E-state index is 10.2. The van der Waals surface area contributed by atoms with E-state index in [9.17, 15) is 10.2 Å². The molecule has 1 aromatic rings. The smallest absolute Gasteiger partial charge is 0.119 e. The van der Waals surface area contributed by atoms with Gasteiger partial charge in [-0.1, -0.05) is 26.8 Å². The van der Waals surface area contributed by atoms with E-state index in [-0.39, 0.29) is 6.10 Å². The van der Waals surface area contributed by atoms with E-state index < -0.39 is 17.6 Å². The molecule has 3 atom stereocenters. The second kappa shape index (κ2) is 8.94. The number of aliphatic hydroxyl groups excluding tert-OH is 2. The largest absolute Gasteiger partial charge is 0.497 e. The minimum atomic E-state index is -0.631. The summed E-state index contributed by atoms with van der Waals surface area (Å²) in [4.78, 5) is 0. The lowest BCUT2D eigenvalue weighted by atomic mass is 9.83. The summed E-state index contributed by atoms with van der Waals surface area (Å²) in [5.74, 6) is 1.53. The van der Waals surface area contributed by atoms with Gasteiger partial charge in [-0.15, -0.1) is 6.58 Å². The molecule has 0 bridgehead atoms. The fourth-order valence-corrected chi connectivity index (χ4v) is 2.24. The first kappa shape index (κ1) is 19.5. The third-order valence-corrected chi connectivity index (χ3v) is 4.23. The van der Waals surface area contributed by atoms with Crippen molar-refractivity contribution >= 4 is 0 Å². The van der Waals surface area contributed by atoms with Gasteiger partial charge in [0, 0.05) is 18.3 Å². The standard InChI is InChI=1S/C19H30O4/c1-6-15(23-17-10-8-16(22-5)9-11-17)12-14(20)13-18(21)19(3,4)7-2/h7-11,14-15,18,20-21H,2,6,12-13H2,1,3-5H3/t14-,15-,18+/m1/s1. The zero-order chi connectivity index (χ0) is 17.5. The molecular formula is C19H30O4. The van der Waals surface area contributed by atoms with Gasteiger partial charge in [-0.2, -0.15) is 0 Å². The van der Waals surface area contributed by atoms with Crippen LogP contribution in [0.2, 0.25) is 0 Å². The van der Waals surface area contributed by atoms with Crippen molar-refractivity contribution in [2.75, 3.05) is 7.11 Å². The molecule has 4 heteroatoms. The lowest BCUT2D eigenvalue weighted by Crippen LogP contribution is -2.33. The zero-order valence-electron chi connectivity index (χ0n) is 14.7. The van der Waals surface area contributed by atoms with E-state index >= 15 is 0 Å². The topological polar surface area (TPSA) is 58.9 Å². The molecule has 0 unspecified atom stereocenters. The van der Waals surface area contributed by atoms with Crippen LogP contribution in [0.15, 0.2) is 36.9 Å². The molecule has 1 aromatic carbocycles. The Labute approximate surface area is 139 Å². The number of aliphatic hydroxyl groups is 2. The average molecular weight is 322 g/mol. The van der Waals surface area contributed by atoms with Crippen LogP contribution < -0.4 is 9.47 Å². The Morgan fingerprint density at radius 3 is 2.17 bits per heavy atom. The number of benzene rings is 1. The Morgan fingerprint density at radius 1 is 1.13 bits per heavy atom. The molecule has 23 heavy (non-hydrogen) atoms. The summed E-state index contributed by atoms with van der Waals surface area (Å²) >= 11 is 0. The highest BCUT2D eigenvalue weighted by atomic mass is 16.5. The van der Waals surface area contributed by atoms with Gasteiger partial charge >= 0.3 is 0 Å². The first-order valence-electron chi connectivity index (χ1n) is 8.12. The van der Waals surface area contributed by atoms with Crippen LogP contribution in [0, 0.1) is 5.41 Å². The number of hydrogen-bond acceptors (Lipinski definition) is 4. The second-order valence-electron chi connectivity index (χ2n) is 6.49. The molecule has 0 saturated carbocycles. The summed E-state index contributed by atoms with van der Waals surface area (Å²) in [6.45, 7) is 9.56. The lowest BCUT2D eigenvalue weighted by Gasteiger charge is -2.29. The predicted octanol–water partition coefficient (Wildman–Crippen LogP) is 3.57. The first-order chi connectivity index (χ1) is 10.8. The van der Waals surface area contributed by atoms with Crippen LogP contribution in [0.1, 0.15) is 40.0 Å². The number of methoxy groups -OCH3 is 1. The van der Waals surface area contributed by atoms with Gasteiger partial charge in [0.05, 0.1) is 19.3 Å². The van der Waals surface area contributed by atoms with E-state index in [1.54, 1.807) is 13.2 Å². The molecule has 4 nitrogen and oxygen atoms in total. The normalized spacial score (nSPS) is 15.6. The predicted molar refractivity (Wildman–Crippen MR) is 92.9 cm³/mol. The molecule has 0 aliphatic heterocycles. The third kappa shape index (κ3) is 6.24. The monoisotopic (exact) mass is 322 g/mol. The summed E-state index contributed by atoms with van der Waals surface area (Å²) in [6, 6.07) is 7.39. The highest BCUT2D eigenvalue weighted by Gasteiger charge is 2.27. The Kier molecular flexibility index (Phi) is 7.59. The van der Waals surface area contributed by atoms with Crippen molar-refractivity contribution in [3.63, 3.8) is 0 Å². The number of hydrogen-bond donors (Lipinski definition) is 2. The van der Waals surface area contributed by atoms with Crippen LogP contribution in [0.25, 0.3) is 0 Å². The minimum absolute atomic E-state index is 0.0996. The molecule has 2 N–H and O–H groups in total. The molecule has 0 saturated heterocycles. The minimum Gasteiger partial charge on any atom is -0.497 e. The summed E-state index contributed by atoms with van der Waals surface area (Å²) in [5.41, 5.74) is -0.417. The van der Waals surface area contributed by atoms with Crippen molar-refractivity contribution in [1.29, 1.82) is 0 Å². The van der Waals surface area contributed by atoms with Crippen LogP contribution in [-0.2, 0) is 0 Å². The Morgan fingerprint density at radius 2 is 1.70 bits per heavy atom. The van der Waals surface area contributed by atoms with Crippen molar-refractivity contribution in [3.05, 3.63) is 36.9 Å². The van der Waals surface area contributed by atoms with Crippen LogP contribution in [-0.4, -0.2) is 35.6 Å². The SMILES string of the molecule is C=CC(C)(C)[C@@H](O)C[C@H](O)C[C@@H](CC)Oc1ccc(OC)cc1. The van der Waals surface area contributed by atoms with E-state index in [2.05, 4.69) is 6.58 Å². The number of ether oxygens (including phenoxy) is 2. The fourth-order valence-electron chi connectivity index (χ4n) is 2.24. The highest BCUT2D eigenvalue weighted by molar-refractivity contribution is 5.31. The molecule has 130 valence electrons. The summed E-state index contributed by atoms with van der Waals surface area (Å²) in [6.07, 6.45) is 1.94. The van der Waals surface area contributed by atoms with Crippen LogP contribution >= 0.6 is 0 Å². The van der Waals surface area contributed by atoms with Gasteiger partial charge in [-0.3, -0.25) is 0 Å². The van der Waals surface area contributed by atoms with E-state index in [1.165, 1.54) is 0 Å². The molecule has 1 rings (SSSR count). The molecule has 0 aromatic heterocycles. The van der Waals surface area contributed by atoms with Crippen molar-refractivity contribution in [3.8, 4) is 11.5 Å². The third-order valence-electron chi connectivity index (χ3n) is 4.23. The summed E-state index contributed by atoms with van der Waals surface area (Å²) < 4.78 is 11.0. The van der Waals surface area contributed by atoms with E-state index in [0.717, 1.165) is 17.9 Å². The maximum atomic E-state index is 10.2. The number of rotatable bonds is 10. The highest BCUT2D eigenvalue weighted by Crippen LogP contribution is 2.27. The van der Waals surface area contributed by atoms with Gasteiger partial charge in [-0.25, -0.2) is 0 Å². The second-order valence-corrected chi connectivity index (χ2v) is 6.49. The molecule has 0 amide bonds. The van der Waals surface area contributed by atoms with Gasteiger partial charge in [0.2, 0.25) is 0 Å². The Bertz CT molecular complexity index is 467. The van der Waals surface area contributed by atoms with Crippen molar-refractivity contribution in [2.24, 2.45) is 5.41 Å². The molecule has 0 aliphatic carbocycles. The zero-order valence-corrected chi connectivity index (χ0v) is 14.7. The van der Waals surface area contributed by atoms with E-state index in [0.29, 0.717) is 12.8 Å². The van der Waals surface area contributed by atoms with Crippen LogP contribution in [0.4, 0.5) is 0 Å².